The predicted octanol–water partition coefficient (Wildman–Crippen LogP) is 4.32. The van der Waals surface area contributed by atoms with Gasteiger partial charge in [0.2, 0.25) is 0 Å². The first-order valence-electron chi connectivity index (χ1n) is 7.11. The lowest BCUT2D eigenvalue weighted by Crippen LogP contribution is -2.25. The fourth-order valence-electron chi connectivity index (χ4n) is 2.21. The zero-order valence-electron chi connectivity index (χ0n) is 12.5. The Morgan fingerprint density at radius 3 is 2.62 bits per heavy atom. The largest absolute Gasteiger partial charge is 0.309 e. The van der Waals surface area contributed by atoms with Gasteiger partial charge in [-0.1, -0.05) is 19.1 Å². The minimum Gasteiger partial charge on any atom is -0.309 e. The molecule has 0 aliphatic carbocycles. The summed E-state index contributed by atoms with van der Waals surface area (Å²) in [5, 5.41) is 6.19. The molecule has 1 atom stereocenters. The number of hydrogen-bond donors (Lipinski definition) is 1. The standard InChI is InChI=1S/C16H20F2N2S/c1-4-7-19-13(8-14-20-11(3)9-21-14)12-6-5-10(2)15(17)16(12)18/h5-6,9,13,19H,4,7-8H2,1-3H3. The minimum atomic E-state index is -0.758. The van der Waals surface area contributed by atoms with Crippen LogP contribution in [-0.4, -0.2) is 11.5 Å². The van der Waals surface area contributed by atoms with E-state index in [2.05, 4.69) is 10.3 Å². The van der Waals surface area contributed by atoms with Crippen LogP contribution >= 0.6 is 11.3 Å². The third-order valence-corrected chi connectivity index (χ3v) is 4.36. The van der Waals surface area contributed by atoms with Gasteiger partial charge in [-0.3, -0.25) is 0 Å². The van der Waals surface area contributed by atoms with E-state index in [-0.39, 0.29) is 6.04 Å². The maximum Gasteiger partial charge on any atom is 0.163 e. The highest BCUT2D eigenvalue weighted by molar-refractivity contribution is 7.09. The second kappa shape index (κ2) is 7.09. The first-order valence-corrected chi connectivity index (χ1v) is 7.99. The van der Waals surface area contributed by atoms with Crippen molar-refractivity contribution in [2.75, 3.05) is 6.54 Å². The molecule has 0 fully saturated rings. The molecule has 0 aliphatic heterocycles. The van der Waals surface area contributed by atoms with Crippen LogP contribution in [0.3, 0.4) is 0 Å². The molecule has 1 heterocycles. The quantitative estimate of drug-likeness (QED) is 0.859. The Morgan fingerprint density at radius 1 is 1.24 bits per heavy atom. The molecule has 0 bridgehead atoms. The Labute approximate surface area is 128 Å². The lowest BCUT2D eigenvalue weighted by molar-refractivity contribution is 0.456. The zero-order valence-corrected chi connectivity index (χ0v) is 13.4. The molecule has 0 spiro atoms. The van der Waals surface area contributed by atoms with Gasteiger partial charge in [0.05, 0.1) is 5.01 Å². The van der Waals surface area contributed by atoms with Crippen molar-refractivity contribution in [2.24, 2.45) is 0 Å². The van der Waals surface area contributed by atoms with Gasteiger partial charge < -0.3 is 5.32 Å². The molecule has 2 nitrogen and oxygen atoms in total. The Bertz CT molecular complexity index is 610. The lowest BCUT2D eigenvalue weighted by Gasteiger charge is -2.19. The Hall–Kier alpha value is -1.33. The number of thiazole rings is 1. The molecule has 0 radical (unpaired) electrons. The summed E-state index contributed by atoms with van der Waals surface area (Å²) in [5.41, 5.74) is 1.66. The highest BCUT2D eigenvalue weighted by Gasteiger charge is 2.20. The third kappa shape index (κ3) is 3.86. The molecule has 1 unspecified atom stereocenters. The molecule has 0 amide bonds. The van der Waals surface area contributed by atoms with Crippen molar-refractivity contribution in [1.82, 2.24) is 10.3 Å². The van der Waals surface area contributed by atoms with Crippen LogP contribution in [0.2, 0.25) is 0 Å². The monoisotopic (exact) mass is 310 g/mol. The Kier molecular flexibility index (Phi) is 5.42. The van der Waals surface area contributed by atoms with Gasteiger partial charge >= 0.3 is 0 Å². The molecule has 2 rings (SSSR count). The number of halogens is 2. The fraction of sp³-hybridized carbons (Fsp3) is 0.438. The summed E-state index contributed by atoms with van der Waals surface area (Å²) < 4.78 is 28.0. The van der Waals surface area contributed by atoms with Crippen LogP contribution in [0.4, 0.5) is 8.78 Å². The minimum absolute atomic E-state index is 0.259. The molecule has 21 heavy (non-hydrogen) atoms. The van der Waals surface area contributed by atoms with Gasteiger partial charge in [0, 0.05) is 29.1 Å². The number of aryl methyl sites for hydroxylation is 2. The van der Waals surface area contributed by atoms with E-state index in [1.54, 1.807) is 30.4 Å². The van der Waals surface area contributed by atoms with Crippen LogP contribution < -0.4 is 5.32 Å². The van der Waals surface area contributed by atoms with Gasteiger partial charge in [0.15, 0.2) is 11.6 Å². The van der Waals surface area contributed by atoms with E-state index in [1.165, 1.54) is 0 Å². The number of hydrogen-bond acceptors (Lipinski definition) is 3. The van der Waals surface area contributed by atoms with Gasteiger partial charge in [-0.2, -0.15) is 0 Å². The van der Waals surface area contributed by atoms with Crippen molar-refractivity contribution >= 4 is 11.3 Å². The Balaban J connectivity index is 2.29. The molecule has 5 heteroatoms. The van der Waals surface area contributed by atoms with E-state index in [9.17, 15) is 8.78 Å². The van der Waals surface area contributed by atoms with Gasteiger partial charge in [-0.15, -0.1) is 11.3 Å². The maximum atomic E-state index is 14.2. The van der Waals surface area contributed by atoms with Crippen LogP contribution in [0.5, 0.6) is 0 Å². The summed E-state index contributed by atoms with van der Waals surface area (Å²) >= 11 is 1.55. The summed E-state index contributed by atoms with van der Waals surface area (Å²) in [7, 11) is 0. The number of benzene rings is 1. The first-order chi connectivity index (χ1) is 10.0. The van der Waals surface area contributed by atoms with E-state index in [0.717, 1.165) is 23.7 Å². The highest BCUT2D eigenvalue weighted by atomic mass is 32.1. The van der Waals surface area contributed by atoms with Crippen LogP contribution in [-0.2, 0) is 6.42 Å². The van der Waals surface area contributed by atoms with E-state index < -0.39 is 11.6 Å². The van der Waals surface area contributed by atoms with E-state index in [0.29, 0.717) is 17.5 Å². The SMILES string of the molecule is CCCNC(Cc1nc(C)cs1)c1ccc(C)c(F)c1F. The van der Waals surface area contributed by atoms with Crippen molar-refractivity contribution in [2.45, 2.75) is 39.7 Å². The molecule has 1 aromatic heterocycles. The van der Waals surface area contributed by atoms with Crippen molar-refractivity contribution in [3.63, 3.8) is 0 Å². The molecule has 2 aromatic rings. The molecule has 0 aliphatic rings. The van der Waals surface area contributed by atoms with Crippen molar-refractivity contribution in [3.05, 3.63) is 51.0 Å². The Morgan fingerprint density at radius 2 is 2.00 bits per heavy atom. The molecule has 114 valence electrons. The maximum absolute atomic E-state index is 14.2. The molecule has 0 saturated carbocycles. The third-order valence-electron chi connectivity index (χ3n) is 3.37. The number of rotatable bonds is 6. The predicted molar refractivity (Wildman–Crippen MR) is 82.7 cm³/mol. The topological polar surface area (TPSA) is 24.9 Å². The van der Waals surface area contributed by atoms with Crippen LogP contribution in [0.25, 0.3) is 0 Å². The average Bonchev–Trinajstić information content (AvgIpc) is 2.87. The van der Waals surface area contributed by atoms with Gasteiger partial charge in [-0.25, -0.2) is 13.8 Å². The van der Waals surface area contributed by atoms with Gasteiger partial charge in [0.25, 0.3) is 0 Å². The van der Waals surface area contributed by atoms with Gasteiger partial charge in [0.1, 0.15) is 0 Å². The average molecular weight is 310 g/mol. The van der Waals surface area contributed by atoms with E-state index in [1.807, 2.05) is 19.2 Å². The molecule has 1 aromatic carbocycles. The van der Waals surface area contributed by atoms with Crippen LogP contribution in [0, 0.1) is 25.5 Å². The van der Waals surface area contributed by atoms with Crippen molar-refractivity contribution < 1.29 is 8.78 Å². The summed E-state index contributed by atoms with van der Waals surface area (Å²) in [6.07, 6.45) is 1.50. The highest BCUT2D eigenvalue weighted by Crippen LogP contribution is 2.26. The fourth-order valence-corrected chi connectivity index (χ4v) is 3.03. The van der Waals surface area contributed by atoms with E-state index in [4.69, 9.17) is 0 Å². The lowest BCUT2D eigenvalue weighted by atomic mass is 10.0. The summed E-state index contributed by atoms with van der Waals surface area (Å²) in [4.78, 5) is 4.42. The summed E-state index contributed by atoms with van der Waals surface area (Å²) in [5.74, 6) is -1.51. The number of nitrogens with zero attached hydrogens (tertiary/aromatic N) is 1. The summed E-state index contributed by atoms with van der Waals surface area (Å²) in [6.45, 7) is 6.30. The van der Waals surface area contributed by atoms with Crippen LogP contribution in [0.15, 0.2) is 17.5 Å². The second-order valence-corrected chi connectivity index (χ2v) is 6.14. The molecule has 0 saturated heterocycles. The first kappa shape index (κ1) is 16.0. The number of aromatic nitrogens is 1. The van der Waals surface area contributed by atoms with Gasteiger partial charge in [-0.05, 0) is 32.4 Å². The molecule has 1 N–H and O–H groups in total. The van der Waals surface area contributed by atoms with Crippen molar-refractivity contribution in [3.8, 4) is 0 Å². The number of nitrogens with one attached hydrogen (secondary N) is 1. The smallest absolute Gasteiger partial charge is 0.163 e. The van der Waals surface area contributed by atoms with E-state index >= 15 is 0 Å². The van der Waals surface area contributed by atoms with Crippen LogP contribution in [0.1, 0.15) is 41.2 Å². The normalized spacial score (nSPS) is 12.6. The second-order valence-electron chi connectivity index (χ2n) is 5.19. The zero-order chi connectivity index (χ0) is 15.4. The molecular weight excluding hydrogens is 290 g/mol. The van der Waals surface area contributed by atoms with Crippen molar-refractivity contribution in [1.29, 1.82) is 0 Å². The summed E-state index contributed by atoms with van der Waals surface area (Å²) in [6, 6.07) is 3.04. The molecular formula is C16H20F2N2S.